The highest BCUT2D eigenvalue weighted by Crippen LogP contribution is 2.28. The van der Waals surface area contributed by atoms with Gasteiger partial charge in [0.25, 0.3) is 5.91 Å². The van der Waals surface area contributed by atoms with Crippen LogP contribution in [0.25, 0.3) is 22.2 Å². The predicted molar refractivity (Wildman–Crippen MR) is 119 cm³/mol. The zero-order chi connectivity index (χ0) is 22.2. The molecule has 0 aliphatic carbocycles. The van der Waals surface area contributed by atoms with Gasteiger partial charge in [-0.25, -0.2) is 12.4 Å². The number of amides is 1. The summed E-state index contributed by atoms with van der Waals surface area (Å²) in [5, 5.41) is 8.15. The van der Waals surface area contributed by atoms with Crippen molar-refractivity contribution in [2.45, 2.75) is 6.92 Å². The molecular weight excluding hydrogens is 418 g/mol. The molecule has 0 radical (unpaired) electrons. The smallest absolute Gasteiger partial charge is 0.271 e. The summed E-state index contributed by atoms with van der Waals surface area (Å²) in [6, 6.07) is 7.33. The summed E-state index contributed by atoms with van der Waals surface area (Å²) in [5.41, 5.74) is 3.50. The fourth-order valence-electron chi connectivity index (χ4n) is 3.88. The monoisotopic (exact) mass is 445 g/mol. The van der Waals surface area contributed by atoms with Gasteiger partial charge in [-0.2, -0.15) is 5.10 Å². The van der Waals surface area contributed by atoms with Crippen LogP contribution in [0.5, 0.6) is 0 Å². The summed E-state index contributed by atoms with van der Waals surface area (Å²) >= 11 is 0. The number of carbonyl (C=O) groups is 1. The summed E-state index contributed by atoms with van der Waals surface area (Å²) in [5.74, 6) is -0.212. The first-order valence-corrected chi connectivity index (χ1v) is 12.0. The van der Waals surface area contributed by atoms with Gasteiger partial charge >= 0.3 is 0 Å². The molecule has 4 rings (SSSR count). The molecule has 10 heteroatoms. The topological polar surface area (TPSA) is 98.5 Å². The SMILES string of the molecule is Cc1cn(S(C)(=O)=O)c2ccc(-c3cc(C(=O)NCCN4CCOCC4)nn3C)cc12. The highest BCUT2D eigenvalue weighted by molar-refractivity contribution is 7.89. The van der Waals surface area contributed by atoms with E-state index >= 15 is 0 Å². The number of aromatic nitrogens is 3. The van der Waals surface area contributed by atoms with E-state index in [2.05, 4.69) is 15.3 Å². The van der Waals surface area contributed by atoms with Crippen LogP contribution in [0.3, 0.4) is 0 Å². The molecule has 1 N–H and O–H groups in total. The van der Waals surface area contributed by atoms with Crippen LogP contribution in [0.15, 0.2) is 30.5 Å². The van der Waals surface area contributed by atoms with E-state index in [4.69, 9.17) is 4.74 Å². The van der Waals surface area contributed by atoms with Crippen molar-refractivity contribution in [1.82, 2.24) is 24.0 Å². The van der Waals surface area contributed by atoms with Gasteiger partial charge in [-0.15, -0.1) is 0 Å². The van der Waals surface area contributed by atoms with Crippen molar-refractivity contribution in [2.75, 3.05) is 45.6 Å². The van der Waals surface area contributed by atoms with Gasteiger partial charge in [-0.3, -0.25) is 14.4 Å². The van der Waals surface area contributed by atoms with E-state index in [0.29, 0.717) is 17.8 Å². The van der Waals surface area contributed by atoms with Gasteiger partial charge in [0.15, 0.2) is 5.69 Å². The van der Waals surface area contributed by atoms with Gasteiger partial charge in [0, 0.05) is 50.4 Å². The Hall–Kier alpha value is -2.69. The van der Waals surface area contributed by atoms with Crippen LogP contribution in [-0.2, 0) is 21.8 Å². The standard InChI is InChI=1S/C21H27N5O4S/c1-15-14-26(31(3,28)29)19-5-4-16(12-17(15)19)20-13-18(23-24(20)2)21(27)22-6-7-25-8-10-30-11-9-25/h4-5,12-14H,6-11H2,1-3H3,(H,22,27). The molecule has 1 fully saturated rings. The molecular formula is C21H27N5O4S. The van der Waals surface area contributed by atoms with Crippen LogP contribution < -0.4 is 5.32 Å². The average Bonchev–Trinajstić information content (AvgIpc) is 3.29. The molecule has 0 bridgehead atoms. The number of hydrogen-bond acceptors (Lipinski definition) is 6. The van der Waals surface area contributed by atoms with E-state index in [1.165, 1.54) is 10.2 Å². The van der Waals surface area contributed by atoms with E-state index < -0.39 is 10.0 Å². The minimum absolute atomic E-state index is 0.212. The number of nitrogens with one attached hydrogen (secondary N) is 1. The highest BCUT2D eigenvalue weighted by atomic mass is 32.2. The van der Waals surface area contributed by atoms with Crippen LogP contribution in [0.2, 0.25) is 0 Å². The third-order valence-electron chi connectivity index (χ3n) is 5.55. The quantitative estimate of drug-likeness (QED) is 0.613. The van der Waals surface area contributed by atoms with Gasteiger partial charge in [0.2, 0.25) is 10.0 Å². The van der Waals surface area contributed by atoms with Crippen molar-refractivity contribution in [3.05, 3.63) is 41.7 Å². The second-order valence-corrected chi connectivity index (χ2v) is 9.71. The Labute approximate surface area is 181 Å². The lowest BCUT2D eigenvalue weighted by atomic mass is 10.1. The van der Waals surface area contributed by atoms with Crippen molar-refractivity contribution in [2.24, 2.45) is 7.05 Å². The number of fused-ring (bicyclic) bond motifs is 1. The maximum absolute atomic E-state index is 12.6. The maximum Gasteiger partial charge on any atom is 0.271 e. The lowest BCUT2D eigenvalue weighted by Gasteiger charge is -2.26. The molecule has 3 aromatic rings. The number of nitrogens with zero attached hydrogens (tertiary/aromatic N) is 4. The molecule has 9 nitrogen and oxygen atoms in total. The van der Waals surface area contributed by atoms with Gasteiger partial charge in [-0.05, 0) is 30.7 Å². The second-order valence-electron chi connectivity index (χ2n) is 7.85. The van der Waals surface area contributed by atoms with Crippen LogP contribution in [0.4, 0.5) is 0 Å². The first-order chi connectivity index (χ1) is 14.7. The summed E-state index contributed by atoms with van der Waals surface area (Å²) in [4.78, 5) is 14.8. The van der Waals surface area contributed by atoms with Crippen molar-refractivity contribution < 1.29 is 17.9 Å². The molecule has 0 unspecified atom stereocenters. The Morgan fingerprint density at radius 1 is 1.23 bits per heavy atom. The highest BCUT2D eigenvalue weighted by Gasteiger charge is 2.17. The molecule has 3 heterocycles. The maximum atomic E-state index is 12.6. The molecule has 166 valence electrons. The third kappa shape index (κ3) is 4.51. The molecule has 2 aromatic heterocycles. The molecule has 1 aliphatic rings. The van der Waals surface area contributed by atoms with Gasteiger partial charge in [-0.1, -0.05) is 6.07 Å². The van der Waals surface area contributed by atoms with Crippen molar-refractivity contribution >= 4 is 26.8 Å². The van der Waals surface area contributed by atoms with Crippen LogP contribution in [-0.4, -0.2) is 78.6 Å². The lowest BCUT2D eigenvalue weighted by Crippen LogP contribution is -2.41. The van der Waals surface area contributed by atoms with E-state index in [1.807, 2.05) is 19.1 Å². The van der Waals surface area contributed by atoms with E-state index in [0.717, 1.165) is 55.1 Å². The summed E-state index contributed by atoms with van der Waals surface area (Å²) in [6.07, 6.45) is 2.81. The van der Waals surface area contributed by atoms with E-state index in [-0.39, 0.29) is 5.91 Å². The number of carbonyl (C=O) groups excluding carboxylic acids is 1. The number of ether oxygens (including phenoxy) is 1. The molecule has 1 aromatic carbocycles. The van der Waals surface area contributed by atoms with Gasteiger partial charge < -0.3 is 10.1 Å². The van der Waals surface area contributed by atoms with Crippen molar-refractivity contribution in [3.8, 4) is 11.3 Å². The van der Waals surface area contributed by atoms with Gasteiger partial charge in [0.1, 0.15) is 0 Å². The molecule has 31 heavy (non-hydrogen) atoms. The third-order valence-corrected chi connectivity index (χ3v) is 6.57. The predicted octanol–water partition coefficient (Wildman–Crippen LogP) is 1.22. The fraction of sp³-hybridized carbons (Fsp3) is 0.429. The first kappa shape index (κ1) is 21.5. The number of rotatable bonds is 6. The summed E-state index contributed by atoms with van der Waals surface area (Å²) < 4.78 is 32.4. The zero-order valence-corrected chi connectivity index (χ0v) is 18.8. The van der Waals surface area contributed by atoms with Crippen molar-refractivity contribution in [3.63, 3.8) is 0 Å². The fourth-order valence-corrected chi connectivity index (χ4v) is 4.75. The van der Waals surface area contributed by atoms with Crippen LogP contribution >= 0.6 is 0 Å². The van der Waals surface area contributed by atoms with Crippen LogP contribution in [0, 0.1) is 6.92 Å². The van der Waals surface area contributed by atoms with Crippen molar-refractivity contribution in [1.29, 1.82) is 0 Å². The molecule has 0 spiro atoms. The number of benzene rings is 1. The Bertz CT molecular complexity index is 1220. The second kappa shape index (κ2) is 8.45. The minimum Gasteiger partial charge on any atom is -0.379 e. The average molecular weight is 446 g/mol. The molecule has 1 saturated heterocycles. The molecule has 1 amide bonds. The van der Waals surface area contributed by atoms with E-state index in [9.17, 15) is 13.2 Å². The Kier molecular flexibility index (Phi) is 5.87. The molecule has 0 saturated carbocycles. The van der Waals surface area contributed by atoms with E-state index in [1.54, 1.807) is 30.1 Å². The largest absolute Gasteiger partial charge is 0.379 e. The Morgan fingerprint density at radius 3 is 2.68 bits per heavy atom. The summed E-state index contributed by atoms with van der Waals surface area (Å²) in [6.45, 7) is 6.43. The van der Waals surface area contributed by atoms with Crippen LogP contribution in [0.1, 0.15) is 16.1 Å². The Morgan fingerprint density at radius 2 is 1.97 bits per heavy atom. The van der Waals surface area contributed by atoms with Gasteiger partial charge in [0.05, 0.1) is 30.7 Å². The summed E-state index contributed by atoms with van der Waals surface area (Å²) in [7, 11) is -1.59. The lowest BCUT2D eigenvalue weighted by molar-refractivity contribution is 0.0383. The number of aryl methyl sites for hydroxylation is 2. The first-order valence-electron chi connectivity index (χ1n) is 10.2. The number of morpholine rings is 1. The number of hydrogen-bond donors (Lipinski definition) is 1. The molecule has 0 atom stereocenters. The normalized spacial score (nSPS) is 15.5. The Balaban J connectivity index is 1.52. The minimum atomic E-state index is -3.38. The molecule has 1 aliphatic heterocycles. The zero-order valence-electron chi connectivity index (χ0n) is 18.0.